The molecule has 1 aromatic heterocycles. The Morgan fingerprint density at radius 1 is 1.56 bits per heavy atom. The summed E-state index contributed by atoms with van der Waals surface area (Å²) in [4.78, 5) is 16.1. The molecule has 0 aliphatic heterocycles. The highest BCUT2D eigenvalue weighted by atomic mass is 32.2. The summed E-state index contributed by atoms with van der Waals surface area (Å²) in [5.41, 5.74) is 0.508. The van der Waals surface area contributed by atoms with Crippen molar-refractivity contribution in [3.63, 3.8) is 0 Å². The third-order valence-corrected chi connectivity index (χ3v) is 3.81. The van der Waals surface area contributed by atoms with Crippen LogP contribution in [0.4, 0.5) is 5.82 Å². The summed E-state index contributed by atoms with van der Waals surface area (Å²) in [7, 11) is -0.938. The van der Waals surface area contributed by atoms with Gasteiger partial charge in [0.1, 0.15) is 5.82 Å². The maximum atomic E-state index is 12.0. The van der Waals surface area contributed by atoms with Crippen LogP contribution in [0.15, 0.2) is 18.3 Å². The lowest BCUT2D eigenvalue weighted by Gasteiger charge is -2.12. The van der Waals surface area contributed by atoms with E-state index in [0.29, 0.717) is 24.5 Å². The minimum atomic E-state index is -0.938. The van der Waals surface area contributed by atoms with Crippen molar-refractivity contribution < 1.29 is 9.00 Å². The van der Waals surface area contributed by atoms with Gasteiger partial charge in [-0.1, -0.05) is 0 Å². The average Bonchev–Trinajstić information content (AvgIpc) is 2.36. The summed E-state index contributed by atoms with van der Waals surface area (Å²) in [6, 6.07) is 3.44. The number of amides is 1. The minimum Gasteiger partial charge on any atom is -0.370 e. The largest absolute Gasteiger partial charge is 0.370 e. The van der Waals surface area contributed by atoms with Gasteiger partial charge in [0.25, 0.3) is 5.91 Å². The summed E-state index contributed by atoms with van der Waals surface area (Å²) in [6.45, 7) is 4.87. The molecule has 2 unspecified atom stereocenters. The topological polar surface area (TPSA) is 71.1 Å². The van der Waals surface area contributed by atoms with Crippen molar-refractivity contribution in [3.8, 4) is 0 Å². The van der Waals surface area contributed by atoms with Crippen molar-refractivity contribution in [2.24, 2.45) is 0 Å². The van der Waals surface area contributed by atoms with Gasteiger partial charge < -0.3 is 10.6 Å². The number of hydrogen-bond donors (Lipinski definition) is 2. The Morgan fingerprint density at radius 3 is 2.89 bits per heavy atom. The van der Waals surface area contributed by atoms with Gasteiger partial charge in [-0.15, -0.1) is 0 Å². The van der Waals surface area contributed by atoms with Crippen molar-refractivity contribution in [2.75, 3.05) is 24.7 Å². The molecule has 0 radical (unpaired) electrons. The molecular weight excluding hydrogens is 250 g/mol. The first-order valence-electron chi connectivity index (χ1n) is 5.85. The van der Waals surface area contributed by atoms with Gasteiger partial charge in [0, 0.05) is 41.6 Å². The highest BCUT2D eigenvalue weighted by Crippen LogP contribution is 2.10. The van der Waals surface area contributed by atoms with Crippen LogP contribution in [0.3, 0.4) is 0 Å². The lowest BCUT2D eigenvalue weighted by molar-refractivity contribution is 0.0954. The number of anilines is 1. The van der Waals surface area contributed by atoms with Gasteiger partial charge in [-0.2, -0.15) is 0 Å². The summed E-state index contributed by atoms with van der Waals surface area (Å²) in [5.74, 6) is 0.374. The molecule has 1 aromatic rings. The number of nitrogens with one attached hydrogen (secondary N) is 2. The normalized spacial score (nSPS) is 13.7. The van der Waals surface area contributed by atoms with Crippen LogP contribution in [0.5, 0.6) is 0 Å². The molecule has 0 aliphatic carbocycles. The Kier molecular flexibility index (Phi) is 5.77. The van der Waals surface area contributed by atoms with Crippen LogP contribution in [0.25, 0.3) is 0 Å². The zero-order valence-corrected chi connectivity index (χ0v) is 11.7. The molecule has 2 N–H and O–H groups in total. The maximum absolute atomic E-state index is 12.0. The lowest BCUT2D eigenvalue weighted by atomic mass is 10.2. The molecule has 0 bridgehead atoms. The smallest absolute Gasteiger partial charge is 0.255 e. The maximum Gasteiger partial charge on any atom is 0.255 e. The average molecular weight is 269 g/mol. The second-order valence-corrected chi connectivity index (χ2v) is 5.75. The number of nitrogens with zero attached hydrogens (tertiary/aromatic N) is 1. The van der Waals surface area contributed by atoms with Crippen molar-refractivity contribution >= 4 is 22.5 Å². The van der Waals surface area contributed by atoms with E-state index in [1.807, 2.05) is 13.8 Å². The van der Waals surface area contributed by atoms with E-state index in [4.69, 9.17) is 0 Å². The molecule has 1 rings (SSSR count). The van der Waals surface area contributed by atoms with E-state index < -0.39 is 10.8 Å². The summed E-state index contributed by atoms with van der Waals surface area (Å²) in [6.07, 6.45) is 3.27. The molecule has 0 fully saturated rings. The molecule has 0 aromatic carbocycles. The molecule has 0 spiro atoms. The fourth-order valence-electron chi connectivity index (χ4n) is 1.35. The van der Waals surface area contributed by atoms with Crippen molar-refractivity contribution in [1.82, 2.24) is 10.3 Å². The Balaban J connectivity index is 2.69. The standard InChI is InChI=1S/C12H19N3O2S/c1-4-13-11-10(6-5-7-14-11)12(16)15-8-9(2)18(3)17/h5-7,9H,4,8H2,1-3H3,(H,13,14)(H,15,16). The first kappa shape index (κ1) is 14.6. The highest BCUT2D eigenvalue weighted by molar-refractivity contribution is 7.84. The minimum absolute atomic E-state index is 0.0618. The fourth-order valence-corrected chi connectivity index (χ4v) is 1.66. The summed E-state index contributed by atoms with van der Waals surface area (Å²) < 4.78 is 11.2. The summed E-state index contributed by atoms with van der Waals surface area (Å²) >= 11 is 0. The molecule has 5 nitrogen and oxygen atoms in total. The first-order chi connectivity index (χ1) is 8.56. The van der Waals surface area contributed by atoms with Crippen molar-refractivity contribution in [3.05, 3.63) is 23.9 Å². The summed E-state index contributed by atoms with van der Waals surface area (Å²) in [5, 5.41) is 5.74. The van der Waals surface area contributed by atoms with Crippen LogP contribution < -0.4 is 10.6 Å². The molecule has 100 valence electrons. The SMILES string of the molecule is CCNc1ncccc1C(=O)NCC(C)S(C)=O. The molecule has 1 amide bonds. The van der Waals surface area contributed by atoms with E-state index in [2.05, 4.69) is 15.6 Å². The van der Waals surface area contributed by atoms with E-state index in [1.165, 1.54) is 0 Å². The van der Waals surface area contributed by atoms with Gasteiger partial charge in [-0.05, 0) is 26.0 Å². The number of pyridine rings is 1. The molecule has 6 heteroatoms. The van der Waals surface area contributed by atoms with Crippen molar-refractivity contribution in [2.45, 2.75) is 19.1 Å². The predicted molar refractivity (Wildman–Crippen MR) is 74.3 cm³/mol. The zero-order chi connectivity index (χ0) is 13.5. The number of hydrogen-bond acceptors (Lipinski definition) is 4. The van der Waals surface area contributed by atoms with E-state index >= 15 is 0 Å². The van der Waals surface area contributed by atoms with Gasteiger partial charge in [0.2, 0.25) is 0 Å². The molecular formula is C12H19N3O2S. The Bertz CT molecular complexity index is 437. The van der Waals surface area contributed by atoms with Gasteiger partial charge in [-0.3, -0.25) is 9.00 Å². The van der Waals surface area contributed by atoms with Crippen LogP contribution >= 0.6 is 0 Å². The van der Waals surface area contributed by atoms with Crippen LogP contribution in [-0.4, -0.2) is 39.7 Å². The molecule has 2 atom stereocenters. The number of aromatic nitrogens is 1. The quantitative estimate of drug-likeness (QED) is 0.808. The molecule has 0 aliphatic rings. The third-order valence-electron chi connectivity index (χ3n) is 2.51. The zero-order valence-electron chi connectivity index (χ0n) is 10.9. The van der Waals surface area contributed by atoms with Crippen LogP contribution in [-0.2, 0) is 10.8 Å². The van der Waals surface area contributed by atoms with Crippen LogP contribution in [0.1, 0.15) is 24.2 Å². The third kappa shape index (κ3) is 4.10. The van der Waals surface area contributed by atoms with E-state index in [1.54, 1.807) is 24.6 Å². The van der Waals surface area contributed by atoms with Gasteiger partial charge in [0.15, 0.2) is 0 Å². The van der Waals surface area contributed by atoms with E-state index in [-0.39, 0.29) is 11.2 Å². The molecule has 18 heavy (non-hydrogen) atoms. The highest BCUT2D eigenvalue weighted by Gasteiger charge is 2.13. The fraction of sp³-hybridized carbons (Fsp3) is 0.500. The van der Waals surface area contributed by atoms with Gasteiger partial charge >= 0.3 is 0 Å². The second-order valence-electron chi connectivity index (χ2n) is 3.95. The monoisotopic (exact) mass is 269 g/mol. The van der Waals surface area contributed by atoms with Gasteiger partial charge in [-0.25, -0.2) is 4.98 Å². The van der Waals surface area contributed by atoms with Crippen molar-refractivity contribution in [1.29, 1.82) is 0 Å². The Labute approximate surface area is 110 Å². The Hall–Kier alpha value is -1.43. The number of carbonyl (C=O) groups excluding carboxylic acids is 1. The van der Waals surface area contributed by atoms with E-state index in [0.717, 1.165) is 0 Å². The van der Waals surface area contributed by atoms with Crippen LogP contribution in [0, 0.1) is 0 Å². The molecule has 0 saturated heterocycles. The first-order valence-corrected chi connectivity index (χ1v) is 7.47. The van der Waals surface area contributed by atoms with Gasteiger partial charge in [0.05, 0.1) is 5.56 Å². The number of carbonyl (C=O) groups is 1. The van der Waals surface area contributed by atoms with E-state index in [9.17, 15) is 9.00 Å². The molecule has 0 saturated carbocycles. The molecule has 1 heterocycles. The lowest BCUT2D eigenvalue weighted by Crippen LogP contribution is -2.33. The predicted octanol–water partition coefficient (Wildman–Crippen LogP) is 1.01. The Morgan fingerprint density at radius 2 is 2.28 bits per heavy atom. The second kappa shape index (κ2) is 7.10. The number of rotatable bonds is 6. The van der Waals surface area contributed by atoms with Crippen LogP contribution in [0.2, 0.25) is 0 Å².